The van der Waals surface area contributed by atoms with Crippen LogP contribution < -0.4 is 0 Å². The predicted octanol–water partition coefficient (Wildman–Crippen LogP) is 2.72. The standard InChI is InChI=1S/C13H22N2O/c1-5-6-11(3)15(4)9-12-13(16)8-7-10(2)14-12/h7-8,11,16H,5-6,9H2,1-4H3. The molecule has 3 nitrogen and oxygen atoms in total. The summed E-state index contributed by atoms with van der Waals surface area (Å²) in [7, 11) is 2.07. The van der Waals surface area contributed by atoms with Crippen LogP contribution in [0.5, 0.6) is 5.75 Å². The summed E-state index contributed by atoms with van der Waals surface area (Å²) in [6, 6.07) is 4.07. The molecule has 1 N–H and O–H groups in total. The molecule has 0 bridgehead atoms. The molecular weight excluding hydrogens is 200 g/mol. The van der Waals surface area contributed by atoms with Gasteiger partial charge in [0.25, 0.3) is 0 Å². The number of nitrogens with zero attached hydrogens (tertiary/aromatic N) is 2. The molecule has 0 aliphatic carbocycles. The van der Waals surface area contributed by atoms with E-state index in [-0.39, 0.29) is 0 Å². The van der Waals surface area contributed by atoms with Crippen LogP contribution in [0, 0.1) is 6.92 Å². The molecule has 0 fully saturated rings. The first-order valence-corrected chi connectivity index (χ1v) is 5.90. The summed E-state index contributed by atoms with van der Waals surface area (Å²) in [6.45, 7) is 7.04. The Morgan fingerprint density at radius 2 is 2.12 bits per heavy atom. The molecule has 0 aliphatic heterocycles. The average Bonchev–Trinajstić information content (AvgIpc) is 2.23. The van der Waals surface area contributed by atoms with Gasteiger partial charge in [-0.25, -0.2) is 0 Å². The molecule has 0 aromatic carbocycles. The molecule has 1 atom stereocenters. The monoisotopic (exact) mass is 222 g/mol. The Balaban J connectivity index is 2.68. The van der Waals surface area contributed by atoms with E-state index in [1.165, 1.54) is 12.8 Å². The molecule has 1 aromatic rings. The Labute approximate surface area is 98.1 Å². The summed E-state index contributed by atoms with van der Waals surface area (Å²) in [5.74, 6) is 0.293. The second-order valence-corrected chi connectivity index (χ2v) is 4.47. The minimum atomic E-state index is 0.293. The van der Waals surface area contributed by atoms with E-state index >= 15 is 0 Å². The smallest absolute Gasteiger partial charge is 0.138 e. The van der Waals surface area contributed by atoms with Gasteiger partial charge in [-0.3, -0.25) is 9.88 Å². The molecule has 0 aliphatic rings. The molecule has 1 heterocycles. The summed E-state index contributed by atoms with van der Waals surface area (Å²) in [6.07, 6.45) is 2.35. The Morgan fingerprint density at radius 3 is 2.75 bits per heavy atom. The molecule has 3 heteroatoms. The number of hydrogen-bond donors (Lipinski definition) is 1. The highest BCUT2D eigenvalue weighted by molar-refractivity contribution is 5.27. The van der Waals surface area contributed by atoms with E-state index in [2.05, 4.69) is 30.8 Å². The first-order chi connectivity index (χ1) is 7.54. The summed E-state index contributed by atoms with van der Waals surface area (Å²) in [4.78, 5) is 6.59. The number of rotatable bonds is 5. The molecule has 16 heavy (non-hydrogen) atoms. The highest BCUT2D eigenvalue weighted by Gasteiger charge is 2.11. The lowest BCUT2D eigenvalue weighted by Crippen LogP contribution is -2.28. The van der Waals surface area contributed by atoms with E-state index in [4.69, 9.17) is 0 Å². The van der Waals surface area contributed by atoms with Crippen molar-refractivity contribution in [3.8, 4) is 5.75 Å². The van der Waals surface area contributed by atoms with Crippen molar-refractivity contribution in [2.24, 2.45) is 0 Å². The van der Waals surface area contributed by atoms with E-state index in [0.29, 0.717) is 18.3 Å². The zero-order valence-corrected chi connectivity index (χ0v) is 10.7. The van der Waals surface area contributed by atoms with Gasteiger partial charge < -0.3 is 5.11 Å². The highest BCUT2D eigenvalue weighted by Crippen LogP contribution is 2.17. The van der Waals surface area contributed by atoms with Crippen LogP contribution in [-0.2, 0) is 6.54 Å². The van der Waals surface area contributed by atoms with Crippen molar-refractivity contribution in [1.29, 1.82) is 0 Å². The van der Waals surface area contributed by atoms with Gasteiger partial charge >= 0.3 is 0 Å². The maximum Gasteiger partial charge on any atom is 0.138 e. The fraction of sp³-hybridized carbons (Fsp3) is 0.615. The van der Waals surface area contributed by atoms with Crippen LogP contribution in [0.4, 0.5) is 0 Å². The Kier molecular flexibility index (Phi) is 4.74. The van der Waals surface area contributed by atoms with Crippen LogP contribution in [-0.4, -0.2) is 28.1 Å². The van der Waals surface area contributed by atoms with Gasteiger partial charge in [0.05, 0.1) is 5.69 Å². The minimum absolute atomic E-state index is 0.293. The number of aromatic hydroxyl groups is 1. The van der Waals surface area contributed by atoms with Crippen LogP contribution in [0.2, 0.25) is 0 Å². The van der Waals surface area contributed by atoms with Crippen LogP contribution in [0.1, 0.15) is 38.1 Å². The molecule has 0 saturated carbocycles. The SMILES string of the molecule is CCCC(C)N(C)Cc1nc(C)ccc1O. The Bertz CT molecular complexity index is 339. The lowest BCUT2D eigenvalue weighted by atomic mass is 10.1. The summed E-state index contributed by atoms with van der Waals surface area (Å²) in [5, 5.41) is 9.71. The minimum Gasteiger partial charge on any atom is -0.506 e. The van der Waals surface area contributed by atoms with E-state index in [1.807, 2.05) is 13.0 Å². The molecular formula is C13H22N2O. The summed E-state index contributed by atoms with van der Waals surface area (Å²) < 4.78 is 0. The zero-order valence-electron chi connectivity index (χ0n) is 10.7. The molecule has 0 spiro atoms. The zero-order chi connectivity index (χ0) is 12.1. The van der Waals surface area contributed by atoms with Gasteiger partial charge in [-0.15, -0.1) is 0 Å². The maximum atomic E-state index is 9.71. The predicted molar refractivity (Wildman–Crippen MR) is 66.5 cm³/mol. The van der Waals surface area contributed by atoms with Gasteiger partial charge in [-0.1, -0.05) is 13.3 Å². The van der Waals surface area contributed by atoms with E-state index in [9.17, 15) is 5.11 Å². The van der Waals surface area contributed by atoms with Crippen molar-refractivity contribution in [3.63, 3.8) is 0 Å². The van der Waals surface area contributed by atoms with Crippen LogP contribution >= 0.6 is 0 Å². The third-order valence-corrected chi connectivity index (χ3v) is 2.95. The van der Waals surface area contributed by atoms with Crippen molar-refractivity contribution in [2.75, 3.05) is 7.05 Å². The van der Waals surface area contributed by atoms with Crippen molar-refractivity contribution in [1.82, 2.24) is 9.88 Å². The van der Waals surface area contributed by atoms with E-state index < -0.39 is 0 Å². The Hall–Kier alpha value is -1.09. The van der Waals surface area contributed by atoms with E-state index in [1.54, 1.807) is 6.07 Å². The van der Waals surface area contributed by atoms with Gasteiger partial charge in [0.2, 0.25) is 0 Å². The maximum absolute atomic E-state index is 9.71. The molecule has 1 aromatic heterocycles. The van der Waals surface area contributed by atoms with Crippen molar-refractivity contribution in [3.05, 3.63) is 23.5 Å². The second kappa shape index (κ2) is 5.85. The average molecular weight is 222 g/mol. The van der Waals surface area contributed by atoms with Crippen LogP contribution in [0.3, 0.4) is 0 Å². The van der Waals surface area contributed by atoms with Gasteiger partial charge in [-0.05, 0) is 39.4 Å². The van der Waals surface area contributed by atoms with Crippen LogP contribution in [0.25, 0.3) is 0 Å². The van der Waals surface area contributed by atoms with E-state index in [0.717, 1.165) is 11.4 Å². The van der Waals surface area contributed by atoms with Gasteiger partial charge in [0, 0.05) is 18.3 Å². The van der Waals surface area contributed by atoms with Crippen LogP contribution in [0.15, 0.2) is 12.1 Å². The van der Waals surface area contributed by atoms with Gasteiger partial charge in [0.1, 0.15) is 5.75 Å². The normalized spacial score (nSPS) is 13.1. The molecule has 0 amide bonds. The highest BCUT2D eigenvalue weighted by atomic mass is 16.3. The molecule has 1 rings (SSSR count). The van der Waals surface area contributed by atoms with Crippen molar-refractivity contribution >= 4 is 0 Å². The first kappa shape index (κ1) is 13.0. The fourth-order valence-corrected chi connectivity index (χ4v) is 1.75. The second-order valence-electron chi connectivity index (χ2n) is 4.47. The fourth-order valence-electron chi connectivity index (χ4n) is 1.75. The Morgan fingerprint density at radius 1 is 1.44 bits per heavy atom. The van der Waals surface area contributed by atoms with Crippen molar-refractivity contribution < 1.29 is 5.11 Å². The molecule has 0 radical (unpaired) electrons. The lowest BCUT2D eigenvalue weighted by molar-refractivity contribution is 0.231. The van der Waals surface area contributed by atoms with Gasteiger partial charge in [-0.2, -0.15) is 0 Å². The first-order valence-electron chi connectivity index (χ1n) is 5.90. The number of aromatic nitrogens is 1. The largest absolute Gasteiger partial charge is 0.506 e. The topological polar surface area (TPSA) is 36.4 Å². The summed E-state index contributed by atoms with van der Waals surface area (Å²) in [5.41, 5.74) is 1.72. The molecule has 0 saturated heterocycles. The van der Waals surface area contributed by atoms with Crippen molar-refractivity contribution in [2.45, 2.75) is 46.2 Å². The molecule has 1 unspecified atom stereocenters. The van der Waals surface area contributed by atoms with Gasteiger partial charge in [0.15, 0.2) is 0 Å². The lowest BCUT2D eigenvalue weighted by Gasteiger charge is -2.24. The quantitative estimate of drug-likeness (QED) is 0.832. The third-order valence-electron chi connectivity index (χ3n) is 2.95. The number of aryl methyl sites for hydroxylation is 1. The number of hydrogen-bond acceptors (Lipinski definition) is 3. The third kappa shape index (κ3) is 3.49. The summed E-state index contributed by atoms with van der Waals surface area (Å²) >= 11 is 0. The molecule has 90 valence electrons. The number of pyridine rings is 1.